The lowest BCUT2D eigenvalue weighted by Gasteiger charge is -2.08. The Morgan fingerprint density at radius 2 is 2.12 bits per heavy atom. The highest BCUT2D eigenvalue weighted by Crippen LogP contribution is 2.16. The van der Waals surface area contributed by atoms with Crippen LogP contribution in [0.4, 0.5) is 0 Å². The number of hydrogen-bond donors (Lipinski definition) is 1. The Labute approximate surface area is 106 Å². The molecule has 0 bridgehead atoms. The molecular formula is C12H16ClNOS. The van der Waals surface area contributed by atoms with E-state index in [1.165, 1.54) is 11.8 Å². The van der Waals surface area contributed by atoms with Crippen molar-refractivity contribution in [2.24, 2.45) is 0 Å². The summed E-state index contributed by atoms with van der Waals surface area (Å²) in [7, 11) is 0. The van der Waals surface area contributed by atoms with Gasteiger partial charge in [-0.3, -0.25) is 4.79 Å². The van der Waals surface area contributed by atoms with Crippen molar-refractivity contribution < 1.29 is 4.79 Å². The lowest BCUT2D eigenvalue weighted by atomic mass is 10.3. The fraction of sp³-hybridized carbons (Fsp3) is 0.417. The number of rotatable bonds is 6. The lowest BCUT2D eigenvalue weighted by Crippen LogP contribution is -2.30. The Morgan fingerprint density at radius 3 is 2.75 bits per heavy atom. The van der Waals surface area contributed by atoms with Crippen LogP contribution in [-0.2, 0) is 4.79 Å². The van der Waals surface area contributed by atoms with Crippen LogP contribution in [0.2, 0.25) is 0 Å². The fourth-order valence-electron chi connectivity index (χ4n) is 1.09. The number of halogens is 1. The van der Waals surface area contributed by atoms with Crippen LogP contribution in [-0.4, -0.2) is 23.6 Å². The molecule has 88 valence electrons. The predicted molar refractivity (Wildman–Crippen MR) is 70.1 cm³/mol. The maximum absolute atomic E-state index is 11.4. The zero-order valence-electron chi connectivity index (χ0n) is 9.28. The second kappa shape index (κ2) is 7.58. The van der Waals surface area contributed by atoms with Crippen LogP contribution in [0.5, 0.6) is 0 Å². The van der Waals surface area contributed by atoms with Gasteiger partial charge in [-0.25, -0.2) is 0 Å². The van der Waals surface area contributed by atoms with E-state index in [4.69, 9.17) is 11.6 Å². The first-order chi connectivity index (χ1) is 7.72. The van der Waals surface area contributed by atoms with Gasteiger partial charge in [-0.05, 0) is 18.6 Å². The Kier molecular flexibility index (Phi) is 6.34. The van der Waals surface area contributed by atoms with E-state index in [-0.39, 0.29) is 11.3 Å². The normalized spacial score (nSPS) is 12.1. The highest BCUT2D eigenvalue weighted by Gasteiger charge is 2.05. The van der Waals surface area contributed by atoms with Crippen molar-refractivity contribution >= 4 is 29.3 Å². The largest absolute Gasteiger partial charge is 0.354 e. The number of benzene rings is 1. The third-order valence-corrected chi connectivity index (χ3v) is 3.55. The predicted octanol–water partition coefficient (Wildman–Crippen LogP) is 2.91. The molecule has 0 spiro atoms. The number of thioether (sulfide) groups is 1. The molecule has 0 heterocycles. The van der Waals surface area contributed by atoms with E-state index in [0.717, 1.165) is 11.3 Å². The smallest absolute Gasteiger partial charge is 0.230 e. The summed E-state index contributed by atoms with van der Waals surface area (Å²) in [5.41, 5.74) is 0. The van der Waals surface area contributed by atoms with E-state index in [0.29, 0.717) is 12.3 Å². The molecular weight excluding hydrogens is 242 g/mol. The molecule has 1 amide bonds. The van der Waals surface area contributed by atoms with Gasteiger partial charge < -0.3 is 5.32 Å². The first kappa shape index (κ1) is 13.4. The zero-order chi connectivity index (χ0) is 11.8. The van der Waals surface area contributed by atoms with Crippen LogP contribution < -0.4 is 5.32 Å². The minimum absolute atomic E-state index is 0.0330. The molecule has 0 radical (unpaired) electrons. The Bertz CT molecular complexity index is 318. The van der Waals surface area contributed by atoms with Gasteiger partial charge in [0.05, 0.1) is 11.1 Å². The molecule has 1 rings (SSSR count). The summed E-state index contributed by atoms with van der Waals surface area (Å²) in [6.45, 7) is 2.55. The maximum atomic E-state index is 11.4. The number of carbonyl (C=O) groups excluding carboxylic acids is 1. The molecule has 0 fully saturated rings. The van der Waals surface area contributed by atoms with Crippen LogP contribution in [0.15, 0.2) is 35.2 Å². The van der Waals surface area contributed by atoms with Crippen molar-refractivity contribution in [3.05, 3.63) is 30.3 Å². The second-order valence-electron chi connectivity index (χ2n) is 3.41. The number of carbonyl (C=O) groups is 1. The number of alkyl halides is 1. The average Bonchev–Trinajstić information content (AvgIpc) is 2.34. The highest BCUT2D eigenvalue weighted by atomic mass is 35.5. The van der Waals surface area contributed by atoms with Gasteiger partial charge >= 0.3 is 0 Å². The summed E-state index contributed by atoms with van der Waals surface area (Å²) in [4.78, 5) is 12.6. The molecule has 1 atom stereocenters. The summed E-state index contributed by atoms with van der Waals surface area (Å²) in [5, 5.41) is 2.84. The van der Waals surface area contributed by atoms with E-state index in [1.807, 2.05) is 37.3 Å². The number of hydrogen-bond acceptors (Lipinski definition) is 2. The van der Waals surface area contributed by atoms with E-state index in [9.17, 15) is 4.79 Å². The Hall–Kier alpha value is -0.670. The molecule has 0 saturated carbocycles. The van der Waals surface area contributed by atoms with Crippen molar-refractivity contribution in [3.63, 3.8) is 0 Å². The SMILES string of the molecule is CCC(Cl)CNC(=O)CSc1ccccc1. The molecule has 0 aliphatic heterocycles. The van der Waals surface area contributed by atoms with Crippen LogP contribution in [0, 0.1) is 0 Å². The molecule has 0 aliphatic carbocycles. The summed E-state index contributed by atoms with van der Waals surface area (Å²) in [6.07, 6.45) is 0.869. The van der Waals surface area contributed by atoms with E-state index >= 15 is 0 Å². The molecule has 1 unspecified atom stereocenters. The Morgan fingerprint density at radius 1 is 1.44 bits per heavy atom. The van der Waals surface area contributed by atoms with Gasteiger partial charge in [-0.2, -0.15) is 0 Å². The highest BCUT2D eigenvalue weighted by molar-refractivity contribution is 8.00. The van der Waals surface area contributed by atoms with E-state index < -0.39 is 0 Å². The molecule has 16 heavy (non-hydrogen) atoms. The minimum Gasteiger partial charge on any atom is -0.354 e. The Balaban J connectivity index is 2.20. The molecule has 1 aromatic rings. The molecule has 1 N–H and O–H groups in total. The summed E-state index contributed by atoms with van der Waals surface area (Å²) >= 11 is 7.44. The van der Waals surface area contributed by atoms with Crippen molar-refractivity contribution in [1.82, 2.24) is 5.32 Å². The van der Waals surface area contributed by atoms with Gasteiger partial charge in [0.2, 0.25) is 5.91 Å². The van der Waals surface area contributed by atoms with Crippen LogP contribution in [0.3, 0.4) is 0 Å². The van der Waals surface area contributed by atoms with Crippen molar-refractivity contribution in [3.8, 4) is 0 Å². The zero-order valence-corrected chi connectivity index (χ0v) is 10.9. The molecule has 0 saturated heterocycles. The fourth-order valence-corrected chi connectivity index (χ4v) is 1.91. The first-order valence-electron chi connectivity index (χ1n) is 5.31. The van der Waals surface area contributed by atoms with Crippen LogP contribution >= 0.6 is 23.4 Å². The average molecular weight is 258 g/mol. The second-order valence-corrected chi connectivity index (χ2v) is 5.08. The molecule has 0 aromatic heterocycles. The van der Waals surface area contributed by atoms with E-state index in [1.54, 1.807) is 0 Å². The van der Waals surface area contributed by atoms with Crippen molar-refractivity contribution in [1.29, 1.82) is 0 Å². The minimum atomic E-state index is 0.0330. The van der Waals surface area contributed by atoms with E-state index in [2.05, 4.69) is 5.32 Å². The topological polar surface area (TPSA) is 29.1 Å². The monoisotopic (exact) mass is 257 g/mol. The lowest BCUT2D eigenvalue weighted by molar-refractivity contribution is -0.118. The third-order valence-electron chi connectivity index (χ3n) is 2.08. The van der Waals surface area contributed by atoms with Crippen molar-refractivity contribution in [2.45, 2.75) is 23.6 Å². The third kappa shape index (κ3) is 5.42. The van der Waals surface area contributed by atoms with Gasteiger partial charge in [0.15, 0.2) is 0 Å². The summed E-state index contributed by atoms with van der Waals surface area (Å²) in [5.74, 6) is 0.477. The molecule has 2 nitrogen and oxygen atoms in total. The number of amides is 1. The summed E-state index contributed by atoms with van der Waals surface area (Å²) in [6, 6.07) is 9.88. The van der Waals surface area contributed by atoms with Gasteiger partial charge in [-0.15, -0.1) is 23.4 Å². The quantitative estimate of drug-likeness (QED) is 0.627. The molecule has 1 aromatic carbocycles. The molecule has 0 aliphatic rings. The standard InChI is InChI=1S/C12H16ClNOS/c1-2-10(13)8-14-12(15)9-16-11-6-4-3-5-7-11/h3-7,10H,2,8-9H2,1H3,(H,14,15). The van der Waals surface area contributed by atoms with Gasteiger partial charge in [0.25, 0.3) is 0 Å². The van der Waals surface area contributed by atoms with Crippen molar-refractivity contribution in [2.75, 3.05) is 12.3 Å². The first-order valence-corrected chi connectivity index (χ1v) is 6.73. The van der Waals surface area contributed by atoms with Gasteiger partial charge in [0, 0.05) is 11.4 Å². The van der Waals surface area contributed by atoms with Gasteiger partial charge in [-0.1, -0.05) is 25.1 Å². The van der Waals surface area contributed by atoms with Crippen LogP contribution in [0.1, 0.15) is 13.3 Å². The number of nitrogens with one attached hydrogen (secondary N) is 1. The maximum Gasteiger partial charge on any atom is 0.230 e. The van der Waals surface area contributed by atoms with Gasteiger partial charge in [0.1, 0.15) is 0 Å². The molecule has 4 heteroatoms. The summed E-state index contributed by atoms with van der Waals surface area (Å²) < 4.78 is 0. The van der Waals surface area contributed by atoms with Crippen LogP contribution in [0.25, 0.3) is 0 Å².